The van der Waals surface area contributed by atoms with Gasteiger partial charge < -0.3 is 16.0 Å². The molecule has 118 valence electrons. The highest BCUT2D eigenvalue weighted by Crippen LogP contribution is 2.35. The smallest absolute Gasteiger partial charge is 0.323 e. The van der Waals surface area contributed by atoms with E-state index in [4.69, 9.17) is 0 Å². The molecule has 1 fully saturated rings. The van der Waals surface area contributed by atoms with E-state index in [1.807, 2.05) is 54.6 Å². The van der Waals surface area contributed by atoms with Gasteiger partial charge in [-0.2, -0.15) is 0 Å². The lowest BCUT2D eigenvalue weighted by molar-refractivity contribution is 0.255. The molecule has 0 atom stereocenters. The number of nitrogens with one attached hydrogen (secondary N) is 3. The van der Waals surface area contributed by atoms with Crippen molar-refractivity contribution in [1.82, 2.24) is 5.32 Å². The molecule has 0 aliphatic heterocycles. The third-order valence-electron chi connectivity index (χ3n) is 3.86. The Morgan fingerprint density at radius 1 is 0.957 bits per heavy atom. The van der Waals surface area contributed by atoms with Crippen LogP contribution in [-0.2, 0) is 0 Å². The fraction of sp³-hybridized carbons (Fsp3) is 0.211. The second kappa shape index (κ2) is 7.01. The second-order valence-corrected chi connectivity index (χ2v) is 5.83. The van der Waals surface area contributed by atoms with E-state index in [1.54, 1.807) is 6.20 Å². The number of carbonyl (C=O) groups is 1. The third-order valence-corrected chi connectivity index (χ3v) is 3.86. The molecule has 4 nitrogen and oxygen atoms in total. The Morgan fingerprint density at radius 2 is 1.57 bits per heavy atom. The molecule has 0 spiro atoms. The van der Waals surface area contributed by atoms with Gasteiger partial charge in [-0.1, -0.05) is 23.8 Å². The SMILES string of the molecule is C/C(=C\NC(=O)Nc1ccc(Nc2ccccc2)cc1)C1CC1. The summed E-state index contributed by atoms with van der Waals surface area (Å²) in [6.07, 6.45) is 4.28. The van der Waals surface area contributed by atoms with Crippen LogP contribution in [0.4, 0.5) is 21.9 Å². The van der Waals surface area contributed by atoms with Crippen LogP contribution >= 0.6 is 0 Å². The first-order valence-corrected chi connectivity index (χ1v) is 7.87. The van der Waals surface area contributed by atoms with Gasteiger partial charge in [-0.3, -0.25) is 0 Å². The molecule has 3 N–H and O–H groups in total. The quantitative estimate of drug-likeness (QED) is 0.738. The van der Waals surface area contributed by atoms with Crippen LogP contribution in [0.15, 0.2) is 66.4 Å². The van der Waals surface area contributed by atoms with Gasteiger partial charge in [0.05, 0.1) is 0 Å². The minimum atomic E-state index is -0.214. The molecule has 0 unspecified atom stereocenters. The molecule has 23 heavy (non-hydrogen) atoms. The van der Waals surface area contributed by atoms with Crippen LogP contribution in [-0.4, -0.2) is 6.03 Å². The largest absolute Gasteiger partial charge is 0.356 e. The van der Waals surface area contributed by atoms with Crippen molar-refractivity contribution in [1.29, 1.82) is 0 Å². The van der Waals surface area contributed by atoms with Crippen LogP contribution in [0, 0.1) is 5.92 Å². The molecule has 0 bridgehead atoms. The second-order valence-electron chi connectivity index (χ2n) is 5.83. The van der Waals surface area contributed by atoms with E-state index in [0.29, 0.717) is 5.92 Å². The highest BCUT2D eigenvalue weighted by molar-refractivity contribution is 5.90. The molecule has 0 saturated heterocycles. The lowest BCUT2D eigenvalue weighted by Crippen LogP contribution is -2.24. The van der Waals surface area contributed by atoms with Gasteiger partial charge in [0.15, 0.2) is 0 Å². The number of hydrogen-bond donors (Lipinski definition) is 3. The van der Waals surface area contributed by atoms with Crippen molar-refractivity contribution in [2.75, 3.05) is 10.6 Å². The van der Waals surface area contributed by atoms with Gasteiger partial charge in [0.25, 0.3) is 0 Å². The number of benzene rings is 2. The summed E-state index contributed by atoms with van der Waals surface area (Å²) in [4.78, 5) is 11.9. The molecule has 2 aromatic rings. The van der Waals surface area contributed by atoms with E-state index >= 15 is 0 Å². The first-order chi connectivity index (χ1) is 11.2. The van der Waals surface area contributed by atoms with Crippen LogP contribution in [0.25, 0.3) is 0 Å². The number of rotatable bonds is 5. The summed E-state index contributed by atoms with van der Waals surface area (Å²) in [5, 5.41) is 8.91. The Kier molecular flexibility index (Phi) is 4.62. The van der Waals surface area contributed by atoms with E-state index in [1.165, 1.54) is 18.4 Å². The van der Waals surface area contributed by atoms with E-state index < -0.39 is 0 Å². The van der Waals surface area contributed by atoms with Crippen LogP contribution in [0.1, 0.15) is 19.8 Å². The molecule has 1 saturated carbocycles. The van der Waals surface area contributed by atoms with Gasteiger partial charge in [0.2, 0.25) is 0 Å². The number of allylic oxidation sites excluding steroid dienone is 1. The number of urea groups is 1. The summed E-state index contributed by atoms with van der Waals surface area (Å²) in [6.45, 7) is 2.06. The van der Waals surface area contributed by atoms with E-state index in [9.17, 15) is 4.79 Å². The summed E-state index contributed by atoms with van der Waals surface area (Å²) >= 11 is 0. The zero-order valence-electron chi connectivity index (χ0n) is 13.2. The number of anilines is 3. The first-order valence-electron chi connectivity index (χ1n) is 7.87. The highest BCUT2D eigenvalue weighted by atomic mass is 16.2. The van der Waals surface area contributed by atoms with Crippen LogP contribution in [0.3, 0.4) is 0 Å². The summed E-state index contributed by atoms with van der Waals surface area (Å²) in [5.74, 6) is 0.665. The fourth-order valence-corrected chi connectivity index (χ4v) is 2.33. The number of amides is 2. The van der Waals surface area contributed by atoms with Gasteiger partial charge in [-0.15, -0.1) is 0 Å². The molecule has 0 radical (unpaired) electrons. The highest BCUT2D eigenvalue weighted by Gasteiger charge is 2.22. The van der Waals surface area contributed by atoms with Gasteiger partial charge in [0.1, 0.15) is 0 Å². The Morgan fingerprint density at radius 3 is 2.22 bits per heavy atom. The number of hydrogen-bond acceptors (Lipinski definition) is 2. The molecule has 4 heteroatoms. The zero-order chi connectivity index (χ0) is 16.1. The van der Waals surface area contributed by atoms with Crippen molar-refractivity contribution in [3.63, 3.8) is 0 Å². The fourth-order valence-electron chi connectivity index (χ4n) is 2.33. The van der Waals surface area contributed by atoms with Gasteiger partial charge in [-0.05, 0) is 62.1 Å². The van der Waals surface area contributed by atoms with Crippen molar-refractivity contribution < 1.29 is 4.79 Å². The topological polar surface area (TPSA) is 53.2 Å². The molecule has 1 aliphatic carbocycles. The Labute approximate surface area is 136 Å². The molecule has 1 aliphatic rings. The van der Waals surface area contributed by atoms with Crippen molar-refractivity contribution in [2.45, 2.75) is 19.8 Å². The van der Waals surface area contributed by atoms with Gasteiger partial charge in [0, 0.05) is 23.3 Å². The molecule has 3 rings (SSSR count). The molecule has 0 heterocycles. The van der Waals surface area contributed by atoms with Crippen molar-refractivity contribution in [2.24, 2.45) is 5.92 Å². The lowest BCUT2D eigenvalue weighted by Gasteiger charge is -2.09. The predicted molar refractivity (Wildman–Crippen MR) is 94.8 cm³/mol. The Bertz CT molecular complexity index is 688. The average molecular weight is 307 g/mol. The maximum atomic E-state index is 11.9. The normalized spacial score (nSPS) is 14.2. The Balaban J connectivity index is 1.52. The standard InChI is InChI=1S/C19H21N3O/c1-14(15-7-8-15)13-20-19(23)22-18-11-9-17(10-12-18)21-16-5-3-2-4-6-16/h2-6,9-13,15,21H,7-8H2,1H3,(H2,20,22,23)/b14-13+. The summed E-state index contributed by atoms with van der Waals surface area (Å²) in [6, 6.07) is 17.4. The van der Waals surface area contributed by atoms with Gasteiger partial charge in [-0.25, -0.2) is 4.79 Å². The van der Waals surface area contributed by atoms with Crippen molar-refractivity contribution in [3.8, 4) is 0 Å². The third kappa shape index (κ3) is 4.61. The summed E-state index contributed by atoms with van der Waals surface area (Å²) in [5.41, 5.74) is 4.01. The maximum Gasteiger partial charge on any atom is 0.323 e. The lowest BCUT2D eigenvalue weighted by atomic mass is 10.2. The molecule has 2 amide bonds. The monoisotopic (exact) mass is 307 g/mol. The minimum Gasteiger partial charge on any atom is -0.356 e. The van der Waals surface area contributed by atoms with E-state index in [2.05, 4.69) is 22.9 Å². The molecular formula is C19H21N3O. The van der Waals surface area contributed by atoms with Crippen molar-refractivity contribution in [3.05, 3.63) is 66.4 Å². The maximum absolute atomic E-state index is 11.9. The first kappa shape index (κ1) is 15.2. The number of carbonyl (C=O) groups excluding carboxylic acids is 1. The van der Waals surface area contributed by atoms with Crippen LogP contribution < -0.4 is 16.0 Å². The molecule has 2 aromatic carbocycles. The average Bonchev–Trinajstić information content (AvgIpc) is 3.40. The predicted octanol–water partition coefficient (Wildman–Crippen LogP) is 4.87. The van der Waals surface area contributed by atoms with E-state index in [0.717, 1.165) is 17.1 Å². The Hall–Kier alpha value is -2.75. The molecular weight excluding hydrogens is 286 g/mol. The van der Waals surface area contributed by atoms with Crippen LogP contribution in [0.5, 0.6) is 0 Å². The van der Waals surface area contributed by atoms with Gasteiger partial charge >= 0.3 is 6.03 Å². The molecule has 0 aromatic heterocycles. The van der Waals surface area contributed by atoms with E-state index in [-0.39, 0.29) is 6.03 Å². The summed E-state index contributed by atoms with van der Waals surface area (Å²) < 4.78 is 0. The van der Waals surface area contributed by atoms with Crippen LogP contribution in [0.2, 0.25) is 0 Å². The number of para-hydroxylation sites is 1. The van der Waals surface area contributed by atoms with Crippen molar-refractivity contribution >= 4 is 23.1 Å². The summed E-state index contributed by atoms with van der Waals surface area (Å²) in [7, 11) is 0. The minimum absolute atomic E-state index is 0.214. The zero-order valence-corrected chi connectivity index (χ0v) is 13.2.